The normalized spacial score (nSPS) is 9.86. The number of amides is 4. The molecule has 0 aromatic carbocycles. The molecule has 0 aliphatic rings. The molecule has 4 amide bonds. The highest BCUT2D eigenvalue weighted by molar-refractivity contribution is 5.80. The van der Waals surface area contributed by atoms with E-state index in [1.807, 2.05) is 27.8 Å². The average Bonchev–Trinajstić information content (AvgIpc) is 3.07. The van der Waals surface area contributed by atoms with Gasteiger partial charge < -0.3 is 55.5 Å². The summed E-state index contributed by atoms with van der Waals surface area (Å²) in [5.41, 5.74) is 2.97. The molecule has 4 N–H and O–H groups in total. The van der Waals surface area contributed by atoms with E-state index in [1.165, 1.54) is 14.7 Å². The van der Waals surface area contributed by atoms with E-state index in [0.29, 0.717) is 35.6 Å². The van der Waals surface area contributed by atoms with Crippen LogP contribution in [0.1, 0.15) is 20.8 Å². The molecule has 0 radical (unpaired) electrons. The van der Waals surface area contributed by atoms with Crippen molar-refractivity contribution in [3.05, 3.63) is 61.4 Å². The maximum Gasteiger partial charge on any atom is 0.242 e. The molecule has 0 fully saturated rings. The zero-order valence-corrected chi connectivity index (χ0v) is 32.1. The van der Waals surface area contributed by atoms with Crippen molar-refractivity contribution < 1.29 is 24.0 Å². The van der Waals surface area contributed by atoms with Gasteiger partial charge in [0.25, 0.3) is 0 Å². The molecule has 0 aromatic heterocycles. The van der Waals surface area contributed by atoms with Crippen LogP contribution in [0.3, 0.4) is 0 Å². The molecule has 15 nitrogen and oxygen atoms in total. The van der Waals surface area contributed by atoms with Crippen molar-refractivity contribution in [2.75, 3.05) is 114 Å². The van der Waals surface area contributed by atoms with E-state index >= 15 is 0 Å². The highest BCUT2D eigenvalue weighted by atomic mass is 16.2. The first kappa shape index (κ1) is 47.3. The quantitative estimate of drug-likeness (QED) is 0.0891. The molecule has 0 aromatic rings. The lowest BCUT2D eigenvalue weighted by Crippen LogP contribution is -2.43. The molecule has 15 heteroatoms. The number of carbonyl (C=O) groups excluding carboxylic acids is 5. The molecule has 0 bridgehead atoms. The van der Waals surface area contributed by atoms with E-state index in [1.54, 1.807) is 49.9 Å². The van der Waals surface area contributed by atoms with E-state index in [-0.39, 0.29) is 82.5 Å². The van der Waals surface area contributed by atoms with E-state index in [4.69, 9.17) is 0 Å². The number of carbonyl (C=O) groups is 5. The number of nitrogens with zero attached hydrogens (tertiary/aromatic N) is 6. The zero-order valence-electron chi connectivity index (χ0n) is 32.1. The standard InChI is InChI=1S/C33H58N10O5.C2H6/c1-13-34-16-27(4)39(8)23-32(47)42(11)20-26(3)36-18-31(46)43(12)21-29(6)38(7)22-30(45)37-17-28(5)40(9)24-33(48)41(10)19-25(2)35-14-15-44;1-2/h15,34-36H,2-6,13-14,16-24H2,1,7-12H3,(H,37,45);1-2H3. The molecule has 0 spiro atoms. The second kappa shape index (κ2) is 26.1. The lowest BCUT2D eigenvalue weighted by Gasteiger charge is -2.27. The highest BCUT2D eigenvalue weighted by Crippen LogP contribution is 2.04. The van der Waals surface area contributed by atoms with Crippen LogP contribution < -0.4 is 21.3 Å². The molecule has 0 rings (SSSR count). The Morgan fingerprint density at radius 3 is 1.44 bits per heavy atom. The van der Waals surface area contributed by atoms with Crippen LogP contribution in [-0.4, -0.2) is 174 Å². The van der Waals surface area contributed by atoms with Crippen LogP contribution in [0.4, 0.5) is 0 Å². The Hall–Kier alpha value is -4.79. The van der Waals surface area contributed by atoms with Crippen LogP contribution in [0.2, 0.25) is 0 Å². The Labute approximate surface area is 300 Å². The second-order valence-electron chi connectivity index (χ2n) is 11.7. The number of hydrogen-bond acceptors (Lipinski definition) is 11. The third-order valence-corrected chi connectivity index (χ3v) is 7.29. The van der Waals surface area contributed by atoms with Gasteiger partial charge in [0, 0.05) is 77.3 Å². The van der Waals surface area contributed by atoms with E-state index < -0.39 is 0 Å². The van der Waals surface area contributed by atoms with Crippen molar-refractivity contribution in [3.8, 4) is 0 Å². The van der Waals surface area contributed by atoms with Crippen molar-refractivity contribution in [2.45, 2.75) is 20.8 Å². The number of aldehydes is 1. The van der Waals surface area contributed by atoms with Crippen LogP contribution in [0.25, 0.3) is 0 Å². The van der Waals surface area contributed by atoms with Gasteiger partial charge in [-0.05, 0) is 6.54 Å². The number of rotatable bonds is 26. The van der Waals surface area contributed by atoms with Gasteiger partial charge in [-0.2, -0.15) is 0 Å². The summed E-state index contributed by atoms with van der Waals surface area (Å²) in [5.74, 6) is -0.793. The third kappa shape index (κ3) is 20.5. The van der Waals surface area contributed by atoms with E-state index in [9.17, 15) is 24.0 Å². The fourth-order valence-electron chi connectivity index (χ4n) is 3.86. The highest BCUT2D eigenvalue weighted by Gasteiger charge is 2.18. The van der Waals surface area contributed by atoms with Gasteiger partial charge in [0.05, 0.1) is 58.9 Å². The van der Waals surface area contributed by atoms with Gasteiger partial charge in [0.15, 0.2) is 0 Å². The predicted molar refractivity (Wildman–Crippen MR) is 201 cm³/mol. The number of nitrogens with one attached hydrogen (secondary N) is 4. The Morgan fingerprint density at radius 1 is 0.520 bits per heavy atom. The second-order valence-corrected chi connectivity index (χ2v) is 11.7. The first-order valence-electron chi connectivity index (χ1n) is 16.6. The van der Waals surface area contributed by atoms with Gasteiger partial charge in [0.1, 0.15) is 6.29 Å². The molecule has 0 saturated heterocycles. The largest absolute Gasteiger partial charge is 0.381 e. The molecule has 0 aliphatic heterocycles. The fraction of sp³-hybridized carbons (Fsp3) is 0.571. The van der Waals surface area contributed by atoms with Gasteiger partial charge in [0.2, 0.25) is 23.6 Å². The van der Waals surface area contributed by atoms with Gasteiger partial charge >= 0.3 is 0 Å². The van der Waals surface area contributed by atoms with Gasteiger partial charge in [-0.1, -0.05) is 53.7 Å². The van der Waals surface area contributed by atoms with Gasteiger partial charge in [-0.25, -0.2) is 0 Å². The molecule has 0 aliphatic carbocycles. The van der Waals surface area contributed by atoms with Crippen LogP contribution in [0, 0.1) is 0 Å². The third-order valence-electron chi connectivity index (χ3n) is 7.29. The molecular formula is C35H64N10O5. The molecule has 0 heterocycles. The van der Waals surface area contributed by atoms with Crippen LogP contribution in [0.5, 0.6) is 0 Å². The molecule has 0 atom stereocenters. The van der Waals surface area contributed by atoms with Gasteiger partial charge in [-0.3, -0.25) is 19.2 Å². The van der Waals surface area contributed by atoms with Gasteiger partial charge in [-0.15, -0.1) is 0 Å². The van der Waals surface area contributed by atoms with Crippen LogP contribution in [-0.2, 0) is 24.0 Å². The minimum absolute atomic E-state index is 0.00248. The summed E-state index contributed by atoms with van der Waals surface area (Å²) in [7, 11) is 10.2. The molecule has 50 heavy (non-hydrogen) atoms. The van der Waals surface area contributed by atoms with Crippen LogP contribution >= 0.6 is 0 Å². The monoisotopic (exact) mass is 705 g/mol. The first-order valence-corrected chi connectivity index (χ1v) is 16.6. The average molecular weight is 705 g/mol. The van der Waals surface area contributed by atoms with E-state index in [2.05, 4.69) is 54.2 Å². The van der Waals surface area contributed by atoms with Crippen molar-refractivity contribution in [1.82, 2.24) is 50.7 Å². The first-order chi connectivity index (χ1) is 23.4. The Balaban J connectivity index is 0. The zero-order chi connectivity index (χ0) is 39.0. The maximum atomic E-state index is 12.7. The smallest absolute Gasteiger partial charge is 0.242 e. The molecule has 284 valence electrons. The maximum absolute atomic E-state index is 12.7. The van der Waals surface area contributed by atoms with Crippen molar-refractivity contribution in [1.29, 1.82) is 0 Å². The fourth-order valence-corrected chi connectivity index (χ4v) is 3.86. The van der Waals surface area contributed by atoms with Crippen molar-refractivity contribution in [2.24, 2.45) is 0 Å². The lowest BCUT2D eigenvalue weighted by molar-refractivity contribution is -0.130. The molecular weight excluding hydrogens is 640 g/mol. The minimum atomic E-state index is -0.284. The Morgan fingerprint density at radius 2 is 0.960 bits per heavy atom. The van der Waals surface area contributed by atoms with E-state index in [0.717, 1.165) is 12.2 Å². The minimum Gasteiger partial charge on any atom is -0.381 e. The summed E-state index contributed by atoms with van der Waals surface area (Å²) >= 11 is 0. The summed E-state index contributed by atoms with van der Waals surface area (Å²) in [5, 5.41) is 11.7. The number of hydrogen-bond donors (Lipinski definition) is 4. The molecule has 0 unspecified atom stereocenters. The number of likely N-dealkylation sites (N-methyl/N-ethyl adjacent to an activating group) is 7. The summed E-state index contributed by atoms with van der Waals surface area (Å²) in [6.07, 6.45) is 0.713. The summed E-state index contributed by atoms with van der Waals surface area (Å²) in [6.45, 7) is 28.2. The predicted octanol–water partition coefficient (Wildman–Crippen LogP) is -0.144. The van der Waals surface area contributed by atoms with Crippen LogP contribution in [0.15, 0.2) is 61.4 Å². The van der Waals surface area contributed by atoms with Crippen molar-refractivity contribution >= 4 is 29.9 Å². The Kier molecular flexibility index (Phi) is 24.7. The SMILES string of the molecule is C=C(CN(C)C(=O)CN(C)C(=C)CNCC)NCC(=O)N(C)CC(=C)N(C)CC(=O)NCC(=C)N(C)CC(=O)N(C)CC(=C)NCC=O.CC. The Bertz CT molecular complexity index is 1190. The summed E-state index contributed by atoms with van der Waals surface area (Å²) in [4.78, 5) is 70.5. The van der Waals surface area contributed by atoms with Crippen molar-refractivity contribution in [3.63, 3.8) is 0 Å². The summed E-state index contributed by atoms with van der Waals surface area (Å²) < 4.78 is 0. The topological polar surface area (TPSA) is 153 Å². The summed E-state index contributed by atoms with van der Waals surface area (Å²) in [6, 6.07) is 0. The molecule has 0 saturated carbocycles. The lowest BCUT2D eigenvalue weighted by atomic mass is 10.3.